The third kappa shape index (κ3) is 0.883. The fourth-order valence-corrected chi connectivity index (χ4v) is 0.511. The normalized spacial score (nSPS) is 16.1. The van der Waals surface area contributed by atoms with Gasteiger partial charge >= 0.3 is 6.09 Å². The van der Waals surface area contributed by atoms with Crippen molar-refractivity contribution >= 4 is 6.09 Å². The van der Waals surface area contributed by atoms with Gasteiger partial charge in [0.05, 0.1) is 0 Å². The topological polar surface area (TPSA) is 55.8 Å². The average molecular weight is 128 g/mol. The first-order valence-corrected chi connectivity index (χ1v) is 2.32. The molecule has 9 heavy (non-hydrogen) atoms. The Balaban J connectivity index is 2.55. The summed E-state index contributed by atoms with van der Waals surface area (Å²) in [6.45, 7) is 0. The highest BCUT2D eigenvalue weighted by Gasteiger charge is 2.16. The van der Waals surface area contributed by atoms with Crippen LogP contribution < -0.4 is 5.43 Å². The maximum atomic E-state index is 10.2. The molecule has 0 aromatic carbocycles. The minimum absolute atomic E-state index is 0.903. The summed E-state index contributed by atoms with van der Waals surface area (Å²) >= 11 is 0. The Bertz CT molecular complexity index is 156. The highest BCUT2D eigenvalue weighted by atomic mass is 16.4. The molecule has 1 radical (unpaired) electrons. The largest absolute Gasteiger partial charge is 0.462 e. The summed E-state index contributed by atoms with van der Waals surface area (Å²) in [6, 6.07) is 0. The number of hydrazine groups is 2. The van der Waals surface area contributed by atoms with E-state index in [1.54, 1.807) is 7.05 Å². The second kappa shape index (κ2) is 1.85. The lowest BCUT2D eigenvalue weighted by atomic mass is 10.9. The molecule has 5 heteroatoms. The second-order valence-corrected chi connectivity index (χ2v) is 1.52. The lowest BCUT2D eigenvalue weighted by molar-refractivity contribution is 0.0316. The molecule has 0 saturated heterocycles. The number of hydrogen-bond acceptors (Lipinski definition) is 3. The molecular weight excluding hydrogens is 122 g/mol. The molecule has 0 aromatic rings. The SMILES string of the molecule is CN1[C]=CNN1C(=O)O. The summed E-state index contributed by atoms with van der Waals surface area (Å²) in [6.07, 6.45) is 2.95. The van der Waals surface area contributed by atoms with Crippen molar-refractivity contribution in [2.75, 3.05) is 7.05 Å². The predicted octanol–water partition coefficient (Wildman–Crippen LogP) is -0.394. The first kappa shape index (κ1) is 5.74. The van der Waals surface area contributed by atoms with Crippen molar-refractivity contribution in [1.29, 1.82) is 0 Å². The van der Waals surface area contributed by atoms with E-state index >= 15 is 0 Å². The Hall–Kier alpha value is -1.39. The maximum Gasteiger partial charge on any atom is 0.446 e. The van der Waals surface area contributed by atoms with Crippen molar-refractivity contribution in [3.8, 4) is 0 Å². The van der Waals surface area contributed by atoms with Crippen LogP contribution in [0.5, 0.6) is 0 Å². The molecule has 1 rings (SSSR count). The van der Waals surface area contributed by atoms with Crippen LogP contribution in [-0.2, 0) is 0 Å². The van der Waals surface area contributed by atoms with Crippen molar-refractivity contribution in [2.24, 2.45) is 0 Å². The molecule has 0 aliphatic carbocycles. The first-order chi connectivity index (χ1) is 4.22. The van der Waals surface area contributed by atoms with E-state index < -0.39 is 6.09 Å². The molecule has 0 spiro atoms. The number of carboxylic acid groups (broad SMARTS) is 1. The molecule has 1 heterocycles. The maximum absolute atomic E-state index is 10.2. The van der Waals surface area contributed by atoms with Crippen LogP contribution in [-0.4, -0.2) is 28.4 Å². The number of rotatable bonds is 0. The van der Waals surface area contributed by atoms with Crippen LogP contribution in [0.1, 0.15) is 0 Å². The average Bonchev–Trinajstić information content (AvgIpc) is 2.13. The van der Waals surface area contributed by atoms with Gasteiger partial charge in [-0.15, -0.1) is 5.12 Å². The minimum atomic E-state index is -1.06. The van der Waals surface area contributed by atoms with Gasteiger partial charge in [0.15, 0.2) is 0 Å². The molecule has 5 nitrogen and oxygen atoms in total. The van der Waals surface area contributed by atoms with Crippen molar-refractivity contribution in [3.05, 3.63) is 12.4 Å². The van der Waals surface area contributed by atoms with Crippen LogP contribution in [0, 0.1) is 6.20 Å². The van der Waals surface area contributed by atoms with Crippen LogP contribution in [0.4, 0.5) is 4.79 Å². The van der Waals surface area contributed by atoms with Gasteiger partial charge in [-0.3, -0.25) is 10.4 Å². The lowest BCUT2D eigenvalue weighted by Crippen LogP contribution is -2.43. The van der Waals surface area contributed by atoms with Gasteiger partial charge < -0.3 is 5.11 Å². The molecule has 0 fully saturated rings. The Morgan fingerprint density at radius 3 is 2.78 bits per heavy atom. The number of nitrogens with one attached hydrogen (secondary N) is 1. The van der Waals surface area contributed by atoms with E-state index in [-0.39, 0.29) is 0 Å². The molecule has 1 aliphatic rings. The Morgan fingerprint density at radius 2 is 2.56 bits per heavy atom. The number of hydrogen-bond donors (Lipinski definition) is 2. The molecule has 2 N–H and O–H groups in total. The molecule has 0 atom stereocenters. The van der Waals surface area contributed by atoms with Gasteiger partial charge in [0.2, 0.25) is 0 Å². The van der Waals surface area contributed by atoms with Crippen molar-refractivity contribution in [3.63, 3.8) is 0 Å². The molecule has 0 bridgehead atoms. The van der Waals surface area contributed by atoms with Gasteiger partial charge in [-0.2, -0.15) is 0 Å². The fraction of sp³-hybridized carbons (Fsp3) is 0.250. The zero-order valence-corrected chi connectivity index (χ0v) is 4.83. The van der Waals surface area contributed by atoms with Crippen molar-refractivity contribution in [2.45, 2.75) is 0 Å². The summed E-state index contributed by atoms with van der Waals surface area (Å²) in [5, 5.41) is 10.5. The minimum Gasteiger partial charge on any atom is -0.462 e. The summed E-state index contributed by atoms with van der Waals surface area (Å²) in [5.74, 6) is 0. The van der Waals surface area contributed by atoms with E-state index in [2.05, 4.69) is 11.6 Å². The Kier molecular flexibility index (Phi) is 1.18. The number of nitrogens with zero attached hydrogens (tertiary/aromatic N) is 2. The van der Waals surface area contributed by atoms with Crippen LogP contribution in [0.3, 0.4) is 0 Å². The molecule has 1 amide bonds. The Labute approximate surface area is 52.1 Å². The zero-order valence-electron chi connectivity index (χ0n) is 4.83. The molecule has 49 valence electrons. The van der Waals surface area contributed by atoms with E-state index in [1.165, 1.54) is 11.2 Å². The van der Waals surface area contributed by atoms with E-state index in [4.69, 9.17) is 5.11 Å². The standard InChI is InChI=1S/C4H6N3O2/c1-6-3-2-5-7(6)4(8)9/h2,5H,1H3,(H,8,9). The molecule has 0 unspecified atom stereocenters. The van der Waals surface area contributed by atoms with Gasteiger partial charge in [0.1, 0.15) is 6.20 Å². The fourth-order valence-electron chi connectivity index (χ4n) is 0.511. The van der Waals surface area contributed by atoms with E-state index in [0.717, 1.165) is 5.12 Å². The predicted molar refractivity (Wildman–Crippen MR) is 28.6 cm³/mol. The zero-order chi connectivity index (χ0) is 6.85. The van der Waals surface area contributed by atoms with E-state index in [0.29, 0.717) is 0 Å². The van der Waals surface area contributed by atoms with Gasteiger partial charge in [0, 0.05) is 13.2 Å². The number of amides is 1. The highest BCUT2D eigenvalue weighted by molar-refractivity contribution is 5.64. The van der Waals surface area contributed by atoms with Gasteiger partial charge in [-0.05, 0) is 0 Å². The summed E-state index contributed by atoms with van der Waals surface area (Å²) < 4.78 is 0. The monoisotopic (exact) mass is 128 g/mol. The van der Waals surface area contributed by atoms with Gasteiger partial charge in [-0.1, -0.05) is 0 Å². The van der Waals surface area contributed by atoms with Crippen LogP contribution >= 0.6 is 0 Å². The van der Waals surface area contributed by atoms with E-state index in [9.17, 15) is 4.79 Å². The molecule has 0 saturated carbocycles. The van der Waals surface area contributed by atoms with Gasteiger partial charge in [0.25, 0.3) is 0 Å². The smallest absolute Gasteiger partial charge is 0.446 e. The summed E-state index contributed by atoms with van der Waals surface area (Å²) in [5.41, 5.74) is 2.43. The summed E-state index contributed by atoms with van der Waals surface area (Å²) in [4.78, 5) is 10.2. The third-order valence-corrected chi connectivity index (χ3v) is 0.919. The third-order valence-electron chi connectivity index (χ3n) is 0.919. The van der Waals surface area contributed by atoms with Crippen LogP contribution in [0.15, 0.2) is 6.20 Å². The number of carbonyl (C=O) groups is 1. The second-order valence-electron chi connectivity index (χ2n) is 1.52. The van der Waals surface area contributed by atoms with Crippen LogP contribution in [0.2, 0.25) is 0 Å². The van der Waals surface area contributed by atoms with Crippen molar-refractivity contribution in [1.82, 2.24) is 15.6 Å². The van der Waals surface area contributed by atoms with Crippen LogP contribution in [0.25, 0.3) is 0 Å². The van der Waals surface area contributed by atoms with E-state index in [1.807, 2.05) is 0 Å². The van der Waals surface area contributed by atoms with Gasteiger partial charge in [-0.25, -0.2) is 4.79 Å². The Morgan fingerprint density at radius 1 is 1.89 bits per heavy atom. The summed E-state index contributed by atoms with van der Waals surface area (Å²) in [7, 11) is 1.57. The molecule has 1 aliphatic heterocycles. The lowest BCUT2D eigenvalue weighted by Gasteiger charge is -2.19. The quantitative estimate of drug-likeness (QED) is 0.466. The molecular formula is C4H6N3O2. The highest BCUT2D eigenvalue weighted by Crippen LogP contribution is 1.96. The first-order valence-electron chi connectivity index (χ1n) is 2.32. The molecule has 0 aromatic heterocycles. The van der Waals surface area contributed by atoms with Crippen molar-refractivity contribution < 1.29 is 9.90 Å².